The molecule has 104 valence electrons. The fraction of sp³-hybridized carbons (Fsp3) is 0.111. The van der Waals surface area contributed by atoms with E-state index in [1.54, 1.807) is 0 Å². The highest BCUT2D eigenvalue weighted by Gasteiger charge is 1.99. The zero-order chi connectivity index (χ0) is 14.3. The molecule has 0 saturated heterocycles. The molecule has 21 heavy (non-hydrogen) atoms. The van der Waals surface area contributed by atoms with Gasteiger partial charge in [-0.1, -0.05) is 60.7 Å². The third-order valence-corrected chi connectivity index (χ3v) is 3.30. The largest absolute Gasteiger partial charge is 0.354 e. The Hall–Kier alpha value is -2.68. The summed E-state index contributed by atoms with van der Waals surface area (Å²) in [7, 11) is 0. The predicted octanol–water partition coefficient (Wildman–Crippen LogP) is 3.80. The number of benzene rings is 2. The topological polar surface area (TPSA) is 37.8 Å². The molecule has 0 unspecified atom stereocenters. The van der Waals surface area contributed by atoms with Crippen LogP contribution in [0.3, 0.4) is 0 Å². The number of rotatable bonds is 5. The zero-order valence-electron chi connectivity index (χ0n) is 11.7. The minimum Gasteiger partial charge on any atom is -0.354 e. The van der Waals surface area contributed by atoms with E-state index in [1.165, 1.54) is 5.56 Å². The zero-order valence-corrected chi connectivity index (χ0v) is 11.7. The van der Waals surface area contributed by atoms with Gasteiger partial charge in [0.1, 0.15) is 0 Å². The molecule has 0 spiro atoms. The van der Waals surface area contributed by atoms with Crippen LogP contribution in [0.4, 0.5) is 5.95 Å². The van der Waals surface area contributed by atoms with Crippen LogP contribution in [0.15, 0.2) is 73.1 Å². The van der Waals surface area contributed by atoms with Crippen LogP contribution in [0.1, 0.15) is 5.56 Å². The number of anilines is 1. The Labute approximate surface area is 124 Å². The quantitative estimate of drug-likeness (QED) is 0.769. The van der Waals surface area contributed by atoms with E-state index in [4.69, 9.17) is 0 Å². The molecule has 3 rings (SSSR count). The Bertz CT molecular complexity index is 664. The lowest BCUT2D eigenvalue weighted by molar-refractivity contribution is 0.984. The third-order valence-electron chi connectivity index (χ3n) is 3.30. The van der Waals surface area contributed by atoms with Crippen molar-refractivity contribution in [3.63, 3.8) is 0 Å². The van der Waals surface area contributed by atoms with Gasteiger partial charge in [-0.15, -0.1) is 0 Å². The first kappa shape index (κ1) is 13.3. The number of aromatic nitrogens is 2. The van der Waals surface area contributed by atoms with E-state index in [2.05, 4.69) is 51.7 Å². The van der Waals surface area contributed by atoms with Crippen molar-refractivity contribution in [1.82, 2.24) is 9.97 Å². The van der Waals surface area contributed by atoms with Gasteiger partial charge in [-0.2, -0.15) is 0 Å². The molecule has 0 radical (unpaired) electrons. The Morgan fingerprint density at radius 1 is 0.714 bits per heavy atom. The van der Waals surface area contributed by atoms with Gasteiger partial charge in [0.25, 0.3) is 0 Å². The van der Waals surface area contributed by atoms with Crippen molar-refractivity contribution < 1.29 is 0 Å². The maximum atomic E-state index is 4.36. The number of nitrogens with zero attached hydrogens (tertiary/aromatic N) is 2. The normalized spacial score (nSPS) is 10.3. The van der Waals surface area contributed by atoms with Gasteiger partial charge in [0.2, 0.25) is 5.95 Å². The summed E-state index contributed by atoms with van der Waals surface area (Å²) in [6.45, 7) is 0.828. The molecule has 0 aliphatic heterocycles. The highest BCUT2D eigenvalue weighted by atomic mass is 15.1. The van der Waals surface area contributed by atoms with Crippen molar-refractivity contribution in [3.05, 3.63) is 78.6 Å². The SMILES string of the molecule is c1ccc(CCNc2ncc(-c3ccccc3)cn2)cc1. The van der Waals surface area contributed by atoms with Crippen molar-refractivity contribution in [1.29, 1.82) is 0 Å². The molecule has 1 aromatic heterocycles. The maximum Gasteiger partial charge on any atom is 0.222 e. The summed E-state index contributed by atoms with van der Waals surface area (Å²) in [5.74, 6) is 0.672. The van der Waals surface area contributed by atoms with Crippen LogP contribution in [-0.4, -0.2) is 16.5 Å². The van der Waals surface area contributed by atoms with Gasteiger partial charge >= 0.3 is 0 Å². The maximum absolute atomic E-state index is 4.36. The van der Waals surface area contributed by atoms with Crippen molar-refractivity contribution in [2.45, 2.75) is 6.42 Å². The monoisotopic (exact) mass is 275 g/mol. The van der Waals surface area contributed by atoms with E-state index >= 15 is 0 Å². The summed E-state index contributed by atoms with van der Waals surface area (Å²) in [4.78, 5) is 8.73. The highest BCUT2D eigenvalue weighted by molar-refractivity contribution is 5.61. The summed E-state index contributed by atoms with van der Waals surface area (Å²) in [5, 5.41) is 3.25. The lowest BCUT2D eigenvalue weighted by atomic mass is 10.1. The van der Waals surface area contributed by atoms with Crippen molar-refractivity contribution >= 4 is 5.95 Å². The molecule has 0 aliphatic rings. The van der Waals surface area contributed by atoms with Crippen LogP contribution >= 0.6 is 0 Å². The van der Waals surface area contributed by atoms with Crippen LogP contribution in [0, 0.1) is 0 Å². The van der Waals surface area contributed by atoms with Gasteiger partial charge in [0, 0.05) is 24.5 Å². The van der Waals surface area contributed by atoms with Gasteiger partial charge in [-0.25, -0.2) is 9.97 Å². The van der Waals surface area contributed by atoms with Gasteiger partial charge in [-0.05, 0) is 17.5 Å². The highest BCUT2D eigenvalue weighted by Crippen LogP contribution is 2.17. The van der Waals surface area contributed by atoms with Crippen LogP contribution < -0.4 is 5.32 Å². The van der Waals surface area contributed by atoms with Crippen LogP contribution in [0.5, 0.6) is 0 Å². The van der Waals surface area contributed by atoms with E-state index in [0.717, 1.165) is 24.1 Å². The Morgan fingerprint density at radius 2 is 1.33 bits per heavy atom. The average molecular weight is 275 g/mol. The molecule has 0 aliphatic carbocycles. The van der Waals surface area contributed by atoms with Crippen molar-refractivity contribution in [2.75, 3.05) is 11.9 Å². The summed E-state index contributed by atoms with van der Waals surface area (Å²) in [5.41, 5.74) is 3.48. The summed E-state index contributed by atoms with van der Waals surface area (Å²) < 4.78 is 0. The Morgan fingerprint density at radius 3 is 2.00 bits per heavy atom. The van der Waals surface area contributed by atoms with Crippen molar-refractivity contribution in [3.8, 4) is 11.1 Å². The fourth-order valence-electron chi connectivity index (χ4n) is 2.16. The number of nitrogens with one attached hydrogen (secondary N) is 1. The third kappa shape index (κ3) is 3.66. The number of hydrogen-bond acceptors (Lipinski definition) is 3. The molecular formula is C18H17N3. The smallest absolute Gasteiger partial charge is 0.222 e. The Kier molecular flexibility index (Phi) is 4.22. The molecule has 3 heteroatoms. The standard InChI is InChI=1S/C18H17N3/c1-3-7-15(8-4-1)11-12-19-18-20-13-17(14-21-18)16-9-5-2-6-10-16/h1-10,13-14H,11-12H2,(H,19,20,21). The average Bonchev–Trinajstić information content (AvgIpc) is 2.57. The molecule has 0 bridgehead atoms. The lowest BCUT2D eigenvalue weighted by Gasteiger charge is -2.06. The van der Waals surface area contributed by atoms with Crippen LogP contribution in [0.25, 0.3) is 11.1 Å². The van der Waals surface area contributed by atoms with Gasteiger partial charge < -0.3 is 5.32 Å². The van der Waals surface area contributed by atoms with E-state index in [-0.39, 0.29) is 0 Å². The van der Waals surface area contributed by atoms with Gasteiger partial charge in [0.05, 0.1) is 0 Å². The van der Waals surface area contributed by atoms with E-state index in [0.29, 0.717) is 5.95 Å². The molecule has 2 aromatic carbocycles. The molecule has 1 N–H and O–H groups in total. The van der Waals surface area contributed by atoms with E-state index in [1.807, 2.05) is 36.7 Å². The van der Waals surface area contributed by atoms with Crippen LogP contribution in [0.2, 0.25) is 0 Å². The van der Waals surface area contributed by atoms with E-state index in [9.17, 15) is 0 Å². The van der Waals surface area contributed by atoms with Gasteiger partial charge in [0.15, 0.2) is 0 Å². The van der Waals surface area contributed by atoms with Crippen molar-refractivity contribution in [2.24, 2.45) is 0 Å². The molecule has 1 heterocycles. The molecule has 0 fully saturated rings. The molecule has 0 saturated carbocycles. The second-order valence-electron chi connectivity index (χ2n) is 4.82. The van der Waals surface area contributed by atoms with Gasteiger partial charge in [-0.3, -0.25) is 0 Å². The first-order chi connectivity index (χ1) is 10.4. The molecule has 3 aromatic rings. The first-order valence-electron chi connectivity index (χ1n) is 7.07. The summed E-state index contributed by atoms with van der Waals surface area (Å²) in [6, 6.07) is 20.5. The minimum atomic E-state index is 0.672. The second-order valence-corrected chi connectivity index (χ2v) is 4.82. The first-order valence-corrected chi connectivity index (χ1v) is 7.07. The summed E-state index contributed by atoms with van der Waals surface area (Å²) >= 11 is 0. The van der Waals surface area contributed by atoms with Crippen LogP contribution in [-0.2, 0) is 6.42 Å². The molecule has 3 nitrogen and oxygen atoms in total. The molecule has 0 atom stereocenters. The predicted molar refractivity (Wildman–Crippen MR) is 86.1 cm³/mol. The number of hydrogen-bond donors (Lipinski definition) is 1. The molecular weight excluding hydrogens is 258 g/mol. The van der Waals surface area contributed by atoms with E-state index < -0.39 is 0 Å². The fourth-order valence-corrected chi connectivity index (χ4v) is 2.16. The summed E-state index contributed by atoms with van der Waals surface area (Å²) in [6.07, 6.45) is 4.67. The molecule has 0 amide bonds. The second kappa shape index (κ2) is 6.66. The minimum absolute atomic E-state index is 0.672. The lowest BCUT2D eigenvalue weighted by Crippen LogP contribution is -2.07. The Balaban J connectivity index is 1.58.